The van der Waals surface area contributed by atoms with Crippen LogP contribution in [-0.4, -0.2) is 0 Å². The summed E-state index contributed by atoms with van der Waals surface area (Å²) >= 11 is 0. The van der Waals surface area contributed by atoms with Gasteiger partial charge in [0.15, 0.2) is 0 Å². The van der Waals surface area contributed by atoms with Gasteiger partial charge >= 0.3 is 0 Å². The van der Waals surface area contributed by atoms with Crippen LogP contribution in [0, 0.1) is 5.82 Å². The third-order valence-electron chi connectivity index (χ3n) is 2.89. The molecular weight excluding hydrogens is 189 g/mol. The molecule has 0 saturated carbocycles. The smallest absolute Gasteiger partial charge is 0.146 e. The Kier molecular flexibility index (Phi) is 4.60. The fourth-order valence-electron chi connectivity index (χ4n) is 1.85. The van der Waals surface area contributed by atoms with Crippen molar-refractivity contribution in [2.45, 2.75) is 45.4 Å². The van der Waals surface area contributed by atoms with Crippen LogP contribution in [0.4, 0.5) is 10.1 Å². The first-order valence-corrected chi connectivity index (χ1v) is 5.74. The maximum atomic E-state index is 13.3. The highest BCUT2D eigenvalue weighted by molar-refractivity contribution is 5.42. The number of anilines is 1. The molecule has 0 aliphatic heterocycles. The van der Waals surface area contributed by atoms with Gasteiger partial charge in [-0.25, -0.2) is 4.39 Å². The van der Waals surface area contributed by atoms with E-state index in [0.717, 1.165) is 18.4 Å². The first-order chi connectivity index (χ1) is 7.19. The highest BCUT2D eigenvalue weighted by Crippen LogP contribution is 2.27. The Bertz CT molecular complexity index is 309. The molecular formula is C13H20FN. The second-order valence-electron chi connectivity index (χ2n) is 4.03. The van der Waals surface area contributed by atoms with E-state index in [9.17, 15) is 4.39 Å². The summed E-state index contributed by atoms with van der Waals surface area (Å²) in [6.07, 6.45) is 4.58. The van der Waals surface area contributed by atoms with Gasteiger partial charge < -0.3 is 5.73 Å². The lowest BCUT2D eigenvalue weighted by atomic mass is 9.91. The molecule has 0 fully saturated rings. The minimum atomic E-state index is -0.289. The van der Waals surface area contributed by atoms with Gasteiger partial charge in [-0.3, -0.25) is 0 Å². The third-order valence-corrected chi connectivity index (χ3v) is 2.89. The predicted octanol–water partition coefficient (Wildman–Crippen LogP) is 4.09. The lowest BCUT2D eigenvalue weighted by Crippen LogP contribution is -2.00. The van der Waals surface area contributed by atoms with Crippen molar-refractivity contribution in [2.75, 3.05) is 5.73 Å². The predicted molar refractivity (Wildman–Crippen MR) is 63.4 cm³/mol. The summed E-state index contributed by atoms with van der Waals surface area (Å²) in [7, 11) is 0. The molecule has 15 heavy (non-hydrogen) atoms. The molecule has 0 spiro atoms. The maximum Gasteiger partial charge on any atom is 0.146 e. The van der Waals surface area contributed by atoms with E-state index < -0.39 is 0 Å². The summed E-state index contributed by atoms with van der Waals surface area (Å²) in [6, 6.07) is 5.20. The molecule has 0 aromatic heterocycles. The SMILES string of the molecule is CCCCC(CC)c1ccc(N)c(F)c1. The molecule has 1 nitrogen and oxygen atoms in total. The van der Waals surface area contributed by atoms with Crippen molar-refractivity contribution in [3.63, 3.8) is 0 Å². The summed E-state index contributed by atoms with van der Waals surface area (Å²) in [6.45, 7) is 4.32. The lowest BCUT2D eigenvalue weighted by molar-refractivity contribution is 0.562. The van der Waals surface area contributed by atoms with Gasteiger partial charge in [0.1, 0.15) is 5.82 Å². The van der Waals surface area contributed by atoms with Gasteiger partial charge in [-0.1, -0.05) is 32.8 Å². The Hall–Kier alpha value is -1.05. The summed E-state index contributed by atoms with van der Waals surface area (Å²) in [5.41, 5.74) is 6.78. The molecule has 0 saturated heterocycles. The third kappa shape index (κ3) is 3.22. The second-order valence-corrected chi connectivity index (χ2v) is 4.03. The van der Waals surface area contributed by atoms with Crippen LogP contribution in [0.25, 0.3) is 0 Å². The molecule has 0 bridgehead atoms. The van der Waals surface area contributed by atoms with Gasteiger partial charge in [-0.2, -0.15) is 0 Å². The fraction of sp³-hybridized carbons (Fsp3) is 0.538. The van der Waals surface area contributed by atoms with Crippen LogP contribution in [0.3, 0.4) is 0 Å². The Morgan fingerprint density at radius 1 is 1.33 bits per heavy atom. The quantitative estimate of drug-likeness (QED) is 0.726. The van der Waals surface area contributed by atoms with Crippen molar-refractivity contribution in [2.24, 2.45) is 0 Å². The van der Waals surface area contributed by atoms with E-state index in [2.05, 4.69) is 13.8 Å². The molecule has 1 rings (SSSR count). The molecule has 84 valence electrons. The number of hydrogen-bond donors (Lipinski definition) is 1. The van der Waals surface area contributed by atoms with E-state index in [-0.39, 0.29) is 11.5 Å². The molecule has 0 aliphatic carbocycles. The molecule has 1 unspecified atom stereocenters. The average Bonchev–Trinajstić information content (AvgIpc) is 2.24. The number of benzene rings is 1. The van der Waals surface area contributed by atoms with Crippen LogP contribution >= 0.6 is 0 Å². The monoisotopic (exact) mass is 209 g/mol. The Morgan fingerprint density at radius 3 is 2.60 bits per heavy atom. The van der Waals surface area contributed by atoms with E-state index in [1.165, 1.54) is 12.8 Å². The first-order valence-electron chi connectivity index (χ1n) is 5.74. The largest absolute Gasteiger partial charge is 0.396 e. The normalized spacial score (nSPS) is 12.7. The first kappa shape index (κ1) is 12.0. The van der Waals surface area contributed by atoms with Crippen LogP contribution in [0.2, 0.25) is 0 Å². The second kappa shape index (κ2) is 5.74. The van der Waals surface area contributed by atoms with Gasteiger partial charge in [0.25, 0.3) is 0 Å². The van der Waals surface area contributed by atoms with Crippen molar-refractivity contribution in [1.29, 1.82) is 0 Å². The summed E-state index contributed by atoms with van der Waals surface area (Å²) < 4.78 is 13.3. The van der Waals surface area contributed by atoms with Crippen LogP contribution in [-0.2, 0) is 0 Å². The van der Waals surface area contributed by atoms with Crippen molar-refractivity contribution >= 4 is 5.69 Å². The maximum absolute atomic E-state index is 13.3. The molecule has 1 aromatic carbocycles. The summed E-state index contributed by atoms with van der Waals surface area (Å²) in [5, 5.41) is 0. The summed E-state index contributed by atoms with van der Waals surface area (Å²) in [4.78, 5) is 0. The topological polar surface area (TPSA) is 26.0 Å². The number of unbranched alkanes of at least 4 members (excludes halogenated alkanes) is 1. The molecule has 0 amide bonds. The van der Waals surface area contributed by atoms with E-state index in [1.807, 2.05) is 6.07 Å². The van der Waals surface area contributed by atoms with Crippen LogP contribution in [0.1, 0.15) is 51.0 Å². The van der Waals surface area contributed by atoms with Gasteiger partial charge in [0.2, 0.25) is 0 Å². The number of rotatable bonds is 5. The highest BCUT2D eigenvalue weighted by Gasteiger charge is 2.10. The van der Waals surface area contributed by atoms with Crippen LogP contribution < -0.4 is 5.73 Å². The van der Waals surface area contributed by atoms with Crippen molar-refractivity contribution < 1.29 is 4.39 Å². The van der Waals surface area contributed by atoms with Gasteiger partial charge in [0.05, 0.1) is 5.69 Å². The molecule has 1 atom stereocenters. The Labute approximate surface area is 91.5 Å². The van der Waals surface area contributed by atoms with Crippen molar-refractivity contribution in [3.05, 3.63) is 29.6 Å². The highest BCUT2D eigenvalue weighted by atomic mass is 19.1. The van der Waals surface area contributed by atoms with Crippen molar-refractivity contribution in [1.82, 2.24) is 0 Å². The molecule has 2 heteroatoms. The summed E-state index contributed by atoms with van der Waals surface area (Å²) in [5.74, 6) is 0.183. The molecule has 2 N–H and O–H groups in total. The van der Waals surface area contributed by atoms with Crippen LogP contribution in [0.15, 0.2) is 18.2 Å². The lowest BCUT2D eigenvalue weighted by Gasteiger charge is -2.15. The zero-order chi connectivity index (χ0) is 11.3. The zero-order valence-corrected chi connectivity index (χ0v) is 9.59. The molecule has 0 radical (unpaired) electrons. The molecule has 0 heterocycles. The molecule has 0 aliphatic rings. The number of halogens is 1. The Morgan fingerprint density at radius 2 is 2.07 bits per heavy atom. The van der Waals surface area contributed by atoms with Gasteiger partial charge in [-0.05, 0) is 36.5 Å². The van der Waals surface area contributed by atoms with Crippen molar-refractivity contribution in [3.8, 4) is 0 Å². The van der Waals surface area contributed by atoms with E-state index in [4.69, 9.17) is 5.73 Å². The van der Waals surface area contributed by atoms with E-state index in [1.54, 1.807) is 12.1 Å². The number of hydrogen-bond acceptors (Lipinski definition) is 1. The molecule has 1 aromatic rings. The number of nitrogen functional groups attached to an aromatic ring is 1. The minimum Gasteiger partial charge on any atom is -0.396 e. The zero-order valence-electron chi connectivity index (χ0n) is 9.59. The van der Waals surface area contributed by atoms with Gasteiger partial charge in [0, 0.05) is 0 Å². The standard InChI is InChI=1S/C13H20FN/c1-3-5-6-10(4-2)11-7-8-13(15)12(14)9-11/h7-10H,3-6,15H2,1-2H3. The van der Waals surface area contributed by atoms with E-state index in [0.29, 0.717) is 5.92 Å². The van der Waals surface area contributed by atoms with Crippen LogP contribution in [0.5, 0.6) is 0 Å². The number of nitrogens with two attached hydrogens (primary N) is 1. The fourth-order valence-corrected chi connectivity index (χ4v) is 1.85. The minimum absolute atomic E-state index is 0.240. The van der Waals surface area contributed by atoms with E-state index >= 15 is 0 Å². The van der Waals surface area contributed by atoms with Gasteiger partial charge in [-0.15, -0.1) is 0 Å². The Balaban J connectivity index is 2.78. The average molecular weight is 209 g/mol.